The maximum absolute atomic E-state index is 13.0. The van der Waals surface area contributed by atoms with E-state index < -0.39 is 5.60 Å². The fourth-order valence-electron chi connectivity index (χ4n) is 6.96. The molecule has 50 heavy (non-hydrogen) atoms. The molecule has 2 saturated carbocycles. The molecule has 3 aliphatic rings. The maximum atomic E-state index is 13.0. The van der Waals surface area contributed by atoms with Gasteiger partial charge in [0, 0.05) is 42.3 Å². The molecule has 1 unspecified atom stereocenters. The molecule has 0 spiro atoms. The molecule has 2 N–H and O–H groups in total. The van der Waals surface area contributed by atoms with Crippen LogP contribution in [0.3, 0.4) is 0 Å². The number of hydrogen-bond donors (Lipinski definition) is 2. The highest BCUT2D eigenvalue weighted by atomic mass is 35.5. The molecular weight excluding hydrogens is 674 g/mol. The Hall–Kier alpha value is -3.51. The summed E-state index contributed by atoms with van der Waals surface area (Å²) in [5, 5.41) is 8.58. The van der Waals surface area contributed by atoms with Gasteiger partial charge in [-0.25, -0.2) is 19.4 Å². The number of nitrogens with zero attached hydrogens (tertiary/aromatic N) is 5. The van der Waals surface area contributed by atoms with E-state index in [1.807, 2.05) is 49.9 Å². The number of halogens is 1. The third kappa shape index (κ3) is 9.63. The van der Waals surface area contributed by atoms with Crippen LogP contribution in [0, 0.1) is 17.8 Å². The van der Waals surface area contributed by atoms with Crippen LogP contribution >= 0.6 is 23.5 Å². The number of ether oxygens (including phenoxy) is 2. The summed E-state index contributed by atoms with van der Waals surface area (Å²) in [5.41, 5.74) is -0.506. The minimum absolute atomic E-state index is 0.0783. The van der Waals surface area contributed by atoms with Gasteiger partial charge in [0.2, 0.25) is 5.88 Å². The summed E-state index contributed by atoms with van der Waals surface area (Å²) in [6, 6.07) is 10.9. The minimum Gasteiger partial charge on any atom is -0.477 e. The molecule has 270 valence electrons. The van der Waals surface area contributed by atoms with Gasteiger partial charge in [0.05, 0.1) is 12.2 Å². The third-order valence-corrected chi connectivity index (χ3v) is 10.7. The Bertz CT molecular complexity index is 1640. The third-order valence-electron chi connectivity index (χ3n) is 9.72. The van der Waals surface area contributed by atoms with E-state index in [1.165, 1.54) is 25.7 Å². The lowest BCUT2D eigenvalue weighted by molar-refractivity contribution is 0.00294. The number of likely N-dealkylation sites (tertiary alicyclic amines) is 1. The Labute approximate surface area is 304 Å². The molecule has 0 radical (unpaired) electrons. The maximum Gasteiger partial charge on any atom is 0.410 e. The van der Waals surface area contributed by atoms with Crippen molar-refractivity contribution in [1.29, 1.82) is 0 Å². The molecule has 3 fully saturated rings. The molecule has 1 atom stereocenters. The zero-order chi connectivity index (χ0) is 35.5. The number of carbonyl (C=O) groups excluding carboxylic acids is 2. The van der Waals surface area contributed by atoms with Crippen LogP contribution in [0.5, 0.6) is 5.88 Å². The van der Waals surface area contributed by atoms with E-state index in [9.17, 15) is 9.59 Å². The van der Waals surface area contributed by atoms with Crippen molar-refractivity contribution in [2.24, 2.45) is 17.8 Å². The quantitative estimate of drug-likeness (QED) is 0.0905. The van der Waals surface area contributed by atoms with Crippen LogP contribution in [0.25, 0.3) is 5.82 Å². The number of nitrogens with one attached hydrogen (secondary N) is 2. The highest BCUT2D eigenvalue weighted by Crippen LogP contribution is 2.50. The van der Waals surface area contributed by atoms with Gasteiger partial charge >= 0.3 is 6.09 Å². The second kappa shape index (κ2) is 15.4. The van der Waals surface area contributed by atoms with Gasteiger partial charge in [0.25, 0.3) is 5.91 Å². The number of carbonyl (C=O) groups is 2. The first-order chi connectivity index (χ1) is 23.9. The van der Waals surface area contributed by atoms with Crippen molar-refractivity contribution in [2.75, 3.05) is 18.5 Å². The van der Waals surface area contributed by atoms with Crippen LogP contribution in [0.15, 0.2) is 47.6 Å². The molecule has 1 saturated heterocycles. The van der Waals surface area contributed by atoms with E-state index in [-0.39, 0.29) is 34.3 Å². The topological polar surface area (TPSA) is 124 Å². The van der Waals surface area contributed by atoms with E-state index in [1.54, 1.807) is 23.0 Å². The Kier molecular flexibility index (Phi) is 11.2. The Balaban J connectivity index is 0.945. The molecule has 2 amide bonds. The van der Waals surface area contributed by atoms with Crippen molar-refractivity contribution >= 4 is 41.4 Å². The largest absolute Gasteiger partial charge is 0.477 e. The summed E-state index contributed by atoms with van der Waals surface area (Å²) < 4.78 is 16.1. The molecular formula is C37H50ClN7O4S. The average Bonchev–Trinajstić information content (AvgIpc) is 4.00. The molecule has 6 rings (SSSR count). The van der Waals surface area contributed by atoms with Crippen molar-refractivity contribution in [1.82, 2.24) is 29.4 Å². The summed E-state index contributed by atoms with van der Waals surface area (Å²) >= 11 is 7.57. The highest BCUT2D eigenvalue weighted by Gasteiger charge is 2.44. The fourth-order valence-corrected chi connectivity index (χ4v) is 7.79. The Morgan fingerprint density at radius 3 is 2.52 bits per heavy atom. The zero-order valence-corrected chi connectivity index (χ0v) is 31.4. The van der Waals surface area contributed by atoms with Gasteiger partial charge in [-0.1, -0.05) is 17.7 Å². The lowest BCUT2D eigenvalue weighted by Crippen LogP contribution is -2.49. The zero-order valence-electron chi connectivity index (χ0n) is 29.8. The number of aromatic nitrogens is 4. The number of amides is 2. The predicted octanol–water partition coefficient (Wildman–Crippen LogP) is 8.33. The van der Waals surface area contributed by atoms with E-state index in [0.29, 0.717) is 35.7 Å². The smallest absolute Gasteiger partial charge is 0.410 e. The van der Waals surface area contributed by atoms with Gasteiger partial charge < -0.3 is 19.7 Å². The molecule has 4 heterocycles. The molecule has 3 aromatic rings. The highest BCUT2D eigenvalue weighted by molar-refractivity contribution is 7.97. The van der Waals surface area contributed by atoms with Gasteiger partial charge in [-0.05, 0) is 134 Å². The van der Waals surface area contributed by atoms with E-state index >= 15 is 0 Å². The van der Waals surface area contributed by atoms with Gasteiger partial charge in [-0.2, -0.15) is 0 Å². The molecule has 2 aliphatic carbocycles. The SMILES string of the molecule is CC(C)(C)OC(=O)N1C(CCCNc2cccc(SNC(=O)c3ccc(-n4ccc(OCCC(C5CC5)C5CC5)n4)nc3Cl)n2)CCC1(C)C. The normalized spacial score (nSPS) is 18.7. The molecule has 3 aromatic heterocycles. The van der Waals surface area contributed by atoms with Crippen molar-refractivity contribution in [3.63, 3.8) is 0 Å². The average molecular weight is 724 g/mol. The van der Waals surface area contributed by atoms with E-state index in [4.69, 9.17) is 21.1 Å². The van der Waals surface area contributed by atoms with E-state index in [2.05, 4.69) is 39.0 Å². The molecule has 1 aliphatic heterocycles. The van der Waals surface area contributed by atoms with Crippen molar-refractivity contribution < 1.29 is 19.1 Å². The van der Waals surface area contributed by atoms with Gasteiger partial charge in [0.15, 0.2) is 5.82 Å². The Morgan fingerprint density at radius 1 is 1.06 bits per heavy atom. The van der Waals surface area contributed by atoms with Crippen LogP contribution < -0.4 is 14.8 Å². The standard InChI is InChI=1S/C37H50ClN7O4S/c1-36(2,3)49-35(47)45-26(17-20-37(45,4)5)8-7-21-39-29-9-6-10-32(40-29)50-43-34(46)28-15-16-30(41-33(28)38)44-22-18-31(42-44)48-23-19-27(24-11-12-24)25-13-14-25/h6,9-10,15-16,18,22,24-27H,7-8,11-14,17,19-21,23H2,1-5H3,(H,39,40)(H,43,46). The summed E-state index contributed by atoms with van der Waals surface area (Å²) in [4.78, 5) is 36.9. The van der Waals surface area contributed by atoms with Crippen LogP contribution in [0.1, 0.15) is 103 Å². The predicted molar refractivity (Wildman–Crippen MR) is 196 cm³/mol. The molecule has 0 aromatic carbocycles. The van der Waals surface area contributed by atoms with Gasteiger partial charge in [0.1, 0.15) is 21.6 Å². The number of pyridine rings is 2. The van der Waals surface area contributed by atoms with Crippen LogP contribution in [0.4, 0.5) is 10.6 Å². The number of rotatable bonds is 15. The van der Waals surface area contributed by atoms with Crippen molar-refractivity contribution in [3.8, 4) is 11.7 Å². The first-order valence-electron chi connectivity index (χ1n) is 17.9. The fraction of sp³-hybridized carbons (Fsp3) is 0.595. The monoisotopic (exact) mass is 723 g/mol. The molecule has 0 bridgehead atoms. The van der Waals surface area contributed by atoms with Crippen LogP contribution in [-0.4, -0.2) is 67.0 Å². The summed E-state index contributed by atoms with van der Waals surface area (Å²) in [7, 11) is 0. The van der Waals surface area contributed by atoms with E-state index in [0.717, 1.165) is 61.8 Å². The lowest BCUT2D eigenvalue weighted by atomic mass is 9.95. The second-order valence-electron chi connectivity index (χ2n) is 15.4. The number of anilines is 1. The molecule has 11 nitrogen and oxygen atoms in total. The van der Waals surface area contributed by atoms with Crippen LogP contribution in [-0.2, 0) is 4.74 Å². The first-order valence-corrected chi connectivity index (χ1v) is 19.1. The van der Waals surface area contributed by atoms with Crippen LogP contribution in [0.2, 0.25) is 5.15 Å². The summed E-state index contributed by atoms with van der Waals surface area (Å²) in [6.45, 7) is 11.3. The number of hydrogen-bond acceptors (Lipinski definition) is 9. The summed E-state index contributed by atoms with van der Waals surface area (Å²) in [6.07, 6.45) is 11.7. The lowest BCUT2D eigenvalue weighted by Gasteiger charge is -2.37. The van der Waals surface area contributed by atoms with Gasteiger partial charge in [-0.3, -0.25) is 9.52 Å². The van der Waals surface area contributed by atoms with Gasteiger partial charge in [-0.15, -0.1) is 5.10 Å². The first kappa shape index (κ1) is 36.3. The second-order valence-corrected chi connectivity index (χ2v) is 16.6. The minimum atomic E-state index is -0.529. The Morgan fingerprint density at radius 2 is 1.82 bits per heavy atom. The molecule has 13 heteroatoms. The van der Waals surface area contributed by atoms with Crippen molar-refractivity contribution in [3.05, 3.63) is 53.3 Å². The summed E-state index contributed by atoms with van der Waals surface area (Å²) in [5.74, 6) is 3.99. The van der Waals surface area contributed by atoms with Crippen molar-refractivity contribution in [2.45, 2.75) is 115 Å².